The van der Waals surface area contributed by atoms with Gasteiger partial charge in [-0.1, -0.05) is 12.1 Å². The van der Waals surface area contributed by atoms with Crippen molar-refractivity contribution in [1.82, 2.24) is 4.90 Å². The van der Waals surface area contributed by atoms with Crippen LogP contribution < -0.4 is 4.74 Å². The molecule has 2 atom stereocenters. The lowest BCUT2D eigenvalue weighted by molar-refractivity contribution is -0.145. The lowest BCUT2D eigenvalue weighted by atomic mass is 9.83. The second kappa shape index (κ2) is 7.76. The number of carboxylic acid groups (broad SMARTS) is 1. The molecule has 0 aliphatic carbocycles. The Morgan fingerprint density at radius 1 is 1.24 bits per heavy atom. The molecule has 1 aromatic carbocycles. The summed E-state index contributed by atoms with van der Waals surface area (Å²) in [7, 11) is 0. The fraction of sp³-hybridized carbons (Fsp3) is 0.579. The number of amides is 1. The summed E-state index contributed by atoms with van der Waals surface area (Å²) in [6.45, 7) is 8.19. The number of ether oxygens (including phenoxy) is 2. The topological polar surface area (TPSA) is 76.1 Å². The molecule has 1 N–H and O–H groups in total. The van der Waals surface area contributed by atoms with Gasteiger partial charge in [0.05, 0.1) is 6.61 Å². The summed E-state index contributed by atoms with van der Waals surface area (Å²) < 4.78 is 10.8. The van der Waals surface area contributed by atoms with Crippen molar-refractivity contribution >= 4 is 12.1 Å². The van der Waals surface area contributed by atoms with E-state index in [1.54, 1.807) is 20.8 Å². The van der Waals surface area contributed by atoms with E-state index in [0.29, 0.717) is 19.6 Å². The van der Waals surface area contributed by atoms with Gasteiger partial charge in [0.25, 0.3) is 0 Å². The molecule has 138 valence electrons. The second-order valence-electron chi connectivity index (χ2n) is 7.21. The van der Waals surface area contributed by atoms with E-state index < -0.39 is 23.7 Å². The molecular weight excluding hydrogens is 322 g/mol. The first kappa shape index (κ1) is 19.1. The molecule has 0 radical (unpaired) electrons. The number of hydrogen-bond donors (Lipinski definition) is 1. The zero-order chi connectivity index (χ0) is 18.6. The Labute approximate surface area is 148 Å². The van der Waals surface area contributed by atoms with Gasteiger partial charge in [-0.2, -0.15) is 0 Å². The smallest absolute Gasteiger partial charge is 0.411 e. The van der Waals surface area contributed by atoms with Crippen molar-refractivity contribution in [1.29, 1.82) is 0 Å². The van der Waals surface area contributed by atoms with Gasteiger partial charge in [-0.15, -0.1) is 0 Å². The van der Waals surface area contributed by atoms with Crippen molar-refractivity contribution in [3.63, 3.8) is 0 Å². The predicted molar refractivity (Wildman–Crippen MR) is 93.9 cm³/mol. The van der Waals surface area contributed by atoms with E-state index in [0.717, 1.165) is 17.7 Å². The number of rotatable bonds is 4. The highest BCUT2D eigenvalue weighted by atomic mass is 16.6. The lowest BCUT2D eigenvalue weighted by Crippen LogP contribution is -2.53. The first-order valence-electron chi connectivity index (χ1n) is 8.68. The van der Waals surface area contributed by atoms with Gasteiger partial charge in [0, 0.05) is 12.5 Å². The van der Waals surface area contributed by atoms with Gasteiger partial charge >= 0.3 is 12.1 Å². The van der Waals surface area contributed by atoms with Gasteiger partial charge in [-0.05, 0) is 58.2 Å². The minimum absolute atomic E-state index is 0.269. The molecule has 0 spiro atoms. The average molecular weight is 349 g/mol. The van der Waals surface area contributed by atoms with Gasteiger partial charge in [0.1, 0.15) is 17.4 Å². The molecule has 0 saturated carbocycles. The van der Waals surface area contributed by atoms with Crippen LogP contribution in [-0.2, 0) is 9.53 Å². The van der Waals surface area contributed by atoms with Crippen molar-refractivity contribution in [2.75, 3.05) is 13.2 Å². The normalized spacial score (nSPS) is 20.9. The maximum absolute atomic E-state index is 12.5. The van der Waals surface area contributed by atoms with Crippen LogP contribution in [0.1, 0.15) is 52.0 Å². The Morgan fingerprint density at radius 3 is 2.40 bits per heavy atom. The van der Waals surface area contributed by atoms with Crippen LogP contribution in [0.15, 0.2) is 24.3 Å². The van der Waals surface area contributed by atoms with Crippen molar-refractivity contribution < 1.29 is 24.2 Å². The molecule has 0 aromatic heterocycles. The quantitative estimate of drug-likeness (QED) is 0.898. The first-order valence-corrected chi connectivity index (χ1v) is 8.68. The number of nitrogens with zero attached hydrogens (tertiary/aromatic N) is 1. The van der Waals surface area contributed by atoms with Crippen molar-refractivity contribution in [3.05, 3.63) is 29.8 Å². The number of piperidine rings is 1. The molecule has 25 heavy (non-hydrogen) atoms. The Bertz CT molecular complexity index is 605. The Hall–Kier alpha value is -2.24. The Morgan fingerprint density at radius 2 is 1.88 bits per heavy atom. The maximum atomic E-state index is 12.5. The SMILES string of the molecule is CCOc1ccc([C@H]2CCCN(C(=O)OC(C)(C)C)[C@H]2C(=O)O)cc1. The van der Waals surface area contributed by atoms with Crippen LogP contribution in [0.4, 0.5) is 4.79 Å². The van der Waals surface area contributed by atoms with E-state index in [1.807, 2.05) is 31.2 Å². The molecule has 2 rings (SSSR count). The molecule has 1 amide bonds. The number of carbonyl (C=O) groups excluding carboxylic acids is 1. The third-order valence-electron chi connectivity index (χ3n) is 4.13. The molecule has 1 aliphatic heterocycles. The number of aliphatic carboxylic acids is 1. The number of likely N-dealkylation sites (tertiary alicyclic amines) is 1. The van der Waals surface area contributed by atoms with E-state index in [1.165, 1.54) is 4.90 Å². The highest BCUT2D eigenvalue weighted by Gasteiger charge is 2.41. The van der Waals surface area contributed by atoms with Gasteiger partial charge < -0.3 is 14.6 Å². The zero-order valence-electron chi connectivity index (χ0n) is 15.3. The Kier molecular flexibility index (Phi) is 5.93. The molecule has 1 fully saturated rings. The van der Waals surface area contributed by atoms with E-state index in [-0.39, 0.29) is 5.92 Å². The fourth-order valence-corrected chi connectivity index (χ4v) is 3.15. The molecule has 1 heterocycles. The summed E-state index contributed by atoms with van der Waals surface area (Å²) in [4.78, 5) is 25.7. The minimum Gasteiger partial charge on any atom is -0.494 e. The highest BCUT2D eigenvalue weighted by molar-refractivity contribution is 5.81. The van der Waals surface area contributed by atoms with Crippen molar-refractivity contribution in [3.8, 4) is 5.75 Å². The molecule has 0 unspecified atom stereocenters. The van der Waals surface area contributed by atoms with E-state index in [4.69, 9.17) is 9.47 Å². The number of hydrogen-bond acceptors (Lipinski definition) is 4. The maximum Gasteiger partial charge on any atom is 0.411 e. The first-order chi connectivity index (χ1) is 11.7. The number of benzene rings is 1. The molecule has 6 heteroatoms. The van der Waals surface area contributed by atoms with Crippen LogP contribution in [-0.4, -0.2) is 46.9 Å². The van der Waals surface area contributed by atoms with Crippen molar-refractivity contribution in [2.24, 2.45) is 0 Å². The molecule has 6 nitrogen and oxygen atoms in total. The predicted octanol–water partition coefficient (Wildman–Crippen LogP) is 3.65. The molecule has 1 aliphatic rings. The zero-order valence-corrected chi connectivity index (χ0v) is 15.3. The summed E-state index contributed by atoms with van der Waals surface area (Å²) in [6.07, 6.45) is 0.876. The van der Waals surface area contributed by atoms with Crippen LogP contribution in [0.25, 0.3) is 0 Å². The fourth-order valence-electron chi connectivity index (χ4n) is 3.15. The Balaban J connectivity index is 2.25. The number of carbonyl (C=O) groups is 2. The van der Waals surface area contributed by atoms with Gasteiger partial charge in [0.2, 0.25) is 0 Å². The van der Waals surface area contributed by atoms with Crippen LogP contribution in [0, 0.1) is 0 Å². The third kappa shape index (κ3) is 4.87. The molecule has 0 bridgehead atoms. The second-order valence-corrected chi connectivity index (χ2v) is 7.21. The minimum atomic E-state index is -1.01. The van der Waals surface area contributed by atoms with Crippen molar-refractivity contribution in [2.45, 2.75) is 58.1 Å². The van der Waals surface area contributed by atoms with Crippen LogP contribution in [0.5, 0.6) is 5.75 Å². The van der Waals surface area contributed by atoms with Gasteiger partial charge in [0.15, 0.2) is 0 Å². The number of carboxylic acids is 1. The summed E-state index contributed by atoms with van der Waals surface area (Å²) in [5.74, 6) is -0.531. The van der Waals surface area contributed by atoms with E-state index in [9.17, 15) is 14.7 Å². The third-order valence-corrected chi connectivity index (χ3v) is 4.13. The van der Waals surface area contributed by atoms with E-state index in [2.05, 4.69) is 0 Å². The summed E-state index contributed by atoms with van der Waals surface area (Å²) in [5.41, 5.74) is 0.232. The highest BCUT2D eigenvalue weighted by Crippen LogP contribution is 2.34. The summed E-state index contributed by atoms with van der Waals surface area (Å²) >= 11 is 0. The van der Waals surface area contributed by atoms with Crippen LogP contribution in [0.2, 0.25) is 0 Å². The van der Waals surface area contributed by atoms with E-state index >= 15 is 0 Å². The summed E-state index contributed by atoms with van der Waals surface area (Å²) in [6, 6.07) is 6.50. The van der Waals surface area contributed by atoms with Crippen LogP contribution in [0.3, 0.4) is 0 Å². The average Bonchev–Trinajstić information content (AvgIpc) is 2.53. The molecule has 1 aromatic rings. The van der Waals surface area contributed by atoms with Gasteiger partial charge in [-0.25, -0.2) is 9.59 Å². The lowest BCUT2D eigenvalue weighted by Gasteiger charge is -2.39. The van der Waals surface area contributed by atoms with Crippen LogP contribution >= 0.6 is 0 Å². The standard InChI is InChI=1S/C19H27NO5/c1-5-24-14-10-8-13(9-11-14)15-7-6-12-20(16(15)17(21)22)18(23)25-19(2,3)4/h8-11,15-16H,5-7,12H2,1-4H3,(H,21,22)/t15-,16-/m1/s1. The molecule has 1 saturated heterocycles. The monoisotopic (exact) mass is 349 g/mol. The summed E-state index contributed by atoms with van der Waals surface area (Å²) in [5, 5.41) is 9.75. The van der Waals surface area contributed by atoms with Gasteiger partial charge in [-0.3, -0.25) is 4.90 Å². The largest absolute Gasteiger partial charge is 0.494 e. The molecular formula is C19H27NO5.